The molecule has 0 saturated carbocycles. The van der Waals surface area contributed by atoms with Crippen molar-refractivity contribution in [3.8, 4) is 5.69 Å². The van der Waals surface area contributed by atoms with Crippen molar-refractivity contribution in [1.29, 1.82) is 0 Å². The lowest BCUT2D eigenvalue weighted by molar-refractivity contribution is -0.384. The van der Waals surface area contributed by atoms with Gasteiger partial charge in [-0.1, -0.05) is 30.0 Å². The molecule has 1 aromatic heterocycles. The number of non-ortho nitro benzene ring substituents is 1. The third-order valence-electron chi connectivity index (χ3n) is 3.59. The summed E-state index contributed by atoms with van der Waals surface area (Å²) < 4.78 is 1.56. The van der Waals surface area contributed by atoms with Crippen LogP contribution < -0.4 is 4.90 Å². The summed E-state index contributed by atoms with van der Waals surface area (Å²) in [7, 11) is 1.62. The molecule has 0 saturated heterocycles. The van der Waals surface area contributed by atoms with Gasteiger partial charge in [-0.15, -0.1) is 5.10 Å². The van der Waals surface area contributed by atoms with Gasteiger partial charge in [-0.3, -0.25) is 14.9 Å². The average molecular weight is 370 g/mol. The van der Waals surface area contributed by atoms with Crippen LogP contribution >= 0.6 is 11.8 Å². The molecule has 26 heavy (non-hydrogen) atoms. The number of hydrogen-bond acceptors (Lipinski definition) is 7. The fourth-order valence-corrected chi connectivity index (χ4v) is 2.97. The molecule has 3 rings (SSSR count). The van der Waals surface area contributed by atoms with Gasteiger partial charge in [-0.2, -0.15) is 4.68 Å². The van der Waals surface area contributed by atoms with Gasteiger partial charge in [-0.25, -0.2) is 0 Å². The van der Waals surface area contributed by atoms with Gasteiger partial charge in [0.05, 0.1) is 16.4 Å². The number of carbonyl (C=O) groups is 1. The van der Waals surface area contributed by atoms with Crippen LogP contribution in [0.15, 0.2) is 59.8 Å². The molecule has 2 aromatic carbocycles. The van der Waals surface area contributed by atoms with E-state index in [1.807, 2.05) is 30.3 Å². The van der Waals surface area contributed by atoms with E-state index in [1.165, 1.54) is 40.9 Å². The minimum Gasteiger partial charge on any atom is -0.315 e. The third-order valence-corrected chi connectivity index (χ3v) is 4.49. The fourth-order valence-electron chi connectivity index (χ4n) is 2.17. The van der Waals surface area contributed by atoms with E-state index in [-0.39, 0.29) is 17.3 Å². The molecule has 1 amide bonds. The molecule has 0 N–H and O–H groups in total. The van der Waals surface area contributed by atoms with Gasteiger partial charge in [0.15, 0.2) is 0 Å². The number of thioether (sulfide) groups is 1. The highest BCUT2D eigenvalue weighted by atomic mass is 32.2. The first kappa shape index (κ1) is 17.5. The summed E-state index contributed by atoms with van der Waals surface area (Å²) in [4.78, 5) is 24.1. The number of nitro groups is 1. The number of amides is 1. The van der Waals surface area contributed by atoms with Gasteiger partial charge in [0, 0.05) is 24.9 Å². The lowest BCUT2D eigenvalue weighted by atomic mass is 10.2. The maximum Gasteiger partial charge on any atom is 0.269 e. The summed E-state index contributed by atoms with van der Waals surface area (Å²) in [6, 6.07) is 15.2. The van der Waals surface area contributed by atoms with E-state index in [4.69, 9.17) is 0 Å². The van der Waals surface area contributed by atoms with Crippen molar-refractivity contribution >= 4 is 29.0 Å². The fraction of sp³-hybridized carbons (Fsp3) is 0.125. The van der Waals surface area contributed by atoms with Gasteiger partial charge in [-0.05, 0) is 34.7 Å². The monoisotopic (exact) mass is 370 g/mol. The molecule has 0 radical (unpaired) electrons. The van der Waals surface area contributed by atoms with Crippen LogP contribution in [0, 0.1) is 10.1 Å². The number of carbonyl (C=O) groups excluding carboxylic acids is 1. The summed E-state index contributed by atoms with van der Waals surface area (Å²) >= 11 is 1.22. The van der Waals surface area contributed by atoms with Crippen molar-refractivity contribution in [3.63, 3.8) is 0 Å². The maximum absolute atomic E-state index is 12.4. The molecule has 0 bridgehead atoms. The summed E-state index contributed by atoms with van der Waals surface area (Å²) in [6.07, 6.45) is 0. The Bertz CT molecular complexity index is 913. The zero-order valence-corrected chi connectivity index (χ0v) is 14.5. The second kappa shape index (κ2) is 7.74. The highest BCUT2D eigenvalue weighted by Crippen LogP contribution is 2.21. The zero-order valence-electron chi connectivity index (χ0n) is 13.7. The normalized spacial score (nSPS) is 10.5. The smallest absolute Gasteiger partial charge is 0.269 e. The van der Waals surface area contributed by atoms with Crippen LogP contribution in [0.1, 0.15) is 0 Å². The largest absolute Gasteiger partial charge is 0.315 e. The molecular weight excluding hydrogens is 356 g/mol. The van der Waals surface area contributed by atoms with E-state index in [1.54, 1.807) is 11.7 Å². The number of para-hydroxylation sites is 1. The second-order valence-corrected chi connectivity index (χ2v) is 6.17. The molecule has 9 nitrogen and oxygen atoms in total. The first-order valence-electron chi connectivity index (χ1n) is 7.54. The Kier molecular flexibility index (Phi) is 5.23. The Morgan fingerprint density at radius 1 is 1.19 bits per heavy atom. The molecule has 0 aliphatic carbocycles. The van der Waals surface area contributed by atoms with Gasteiger partial charge in [0.2, 0.25) is 11.1 Å². The lowest BCUT2D eigenvalue weighted by Gasteiger charge is -2.16. The summed E-state index contributed by atoms with van der Waals surface area (Å²) in [6.45, 7) is 0. The first-order valence-corrected chi connectivity index (χ1v) is 8.52. The molecule has 0 aliphatic rings. The number of nitrogens with zero attached hydrogens (tertiary/aromatic N) is 6. The Balaban J connectivity index is 1.66. The Morgan fingerprint density at radius 3 is 2.54 bits per heavy atom. The Labute approximate surface area is 152 Å². The van der Waals surface area contributed by atoms with Gasteiger partial charge in [0.1, 0.15) is 0 Å². The number of tetrazole rings is 1. The maximum atomic E-state index is 12.4. The molecule has 3 aromatic rings. The van der Waals surface area contributed by atoms with E-state index >= 15 is 0 Å². The second-order valence-electron chi connectivity index (χ2n) is 5.22. The number of hydrogen-bond donors (Lipinski definition) is 0. The summed E-state index contributed by atoms with van der Waals surface area (Å²) in [5.74, 6) is -0.0489. The van der Waals surface area contributed by atoms with Crippen molar-refractivity contribution in [2.75, 3.05) is 17.7 Å². The van der Waals surface area contributed by atoms with Crippen LogP contribution in [-0.2, 0) is 4.79 Å². The van der Waals surface area contributed by atoms with E-state index in [0.717, 1.165) is 5.69 Å². The van der Waals surface area contributed by atoms with E-state index in [2.05, 4.69) is 15.5 Å². The van der Waals surface area contributed by atoms with Crippen LogP contribution in [-0.4, -0.2) is 43.8 Å². The number of anilines is 1. The number of nitro benzene ring substituents is 1. The van der Waals surface area contributed by atoms with Gasteiger partial charge >= 0.3 is 0 Å². The average Bonchev–Trinajstić information content (AvgIpc) is 3.15. The summed E-state index contributed by atoms with van der Waals surface area (Å²) in [5.41, 5.74) is 1.35. The standard InChI is InChI=1S/C16H14N6O3S/c1-20(12-7-9-14(10-8-12)22(24)25)15(23)11-26-16-17-18-19-21(16)13-5-3-2-4-6-13/h2-10H,11H2,1H3. The van der Waals surface area contributed by atoms with Crippen molar-refractivity contribution in [3.05, 3.63) is 64.7 Å². The van der Waals surface area contributed by atoms with Crippen LogP contribution in [0.3, 0.4) is 0 Å². The molecular formula is C16H14N6O3S. The topological polar surface area (TPSA) is 107 Å². The Hall–Kier alpha value is -3.27. The quantitative estimate of drug-likeness (QED) is 0.372. The molecule has 0 fully saturated rings. The molecule has 1 heterocycles. The molecule has 0 atom stereocenters. The highest BCUT2D eigenvalue weighted by molar-refractivity contribution is 7.99. The van der Waals surface area contributed by atoms with Crippen molar-refractivity contribution in [2.24, 2.45) is 0 Å². The first-order chi connectivity index (χ1) is 12.6. The van der Waals surface area contributed by atoms with E-state index < -0.39 is 4.92 Å². The Morgan fingerprint density at radius 2 is 1.88 bits per heavy atom. The number of aromatic nitrogens is 4. The molecule has 0 unspecified atom stereocenters. The number of rotatable bonds is 6. The van der Waals surface area contributed by atoms with Crippen LogP contribution in [0.4, 0.5) is 11.4 Å². The van der Waals surface area contributed by atoms with Crippen molar-refractivity contribution in [1.82, 2.24) is 20.2 Å². The van der Waals surface area contributed by atoms with Gasteiger partial charge in [0.25, 0.3) is 5.69 Å². The predicted molar refractivity (Wildman–Crippen MR) is 96.4 cm³/mol. The SMILES string of the molecule is CN(C(=O)CSc1nnnn1-c1ccccc1)c1ccc([N+](=O)[O-])cc1. The molecule has 132 valence electrons. The summed E-state index contributed by atoms with van der Waals surface area (Å²) in [5, 5.41) is 22.7. The molecule has 0 aliphatic heterocycles. The molecule has 0 spiro atoms. The number of benzene rings is 2. The third kappa shape index (κ3) is 3.86. The van der Waals surface area contributed by atoms with Crippen LogP contribution in [0.25, 0.3) is 5.69 Å². The lowest BCUT2D eigenvalue weighted by Crippen LogP contribution is -2.28. The van der Waals surface area contributed by atoms with Gasteiger partial charge < -0.3 is 4.90 Å². The highest BCUT2D eigenvalue weighted by Gasteiger charge is 2.16. The zero-order chi connectivity index (χ0) is 18.5. The van der Waals surface area contributed by atoms with Crippen LogP contribution in [0.2, 0.25) is 0 Å². The van der Waals surface area contributed by atoms with Crippen LogP contribution in [0.5, 0.6) is 0 Å². The van der Waals surface area contributed by atoms with E-state index in [0.29, 0.717) is 10.8 Å². The van der Waals surface area contributed by atoms with E-state index in [9.17, 15) is 14.9 Å². The van der Waals surface area contributed by atoms with Crippen molar-refractivity contribution < 1.29 is 9.72 Å². The minimum atomic E-state index is -0.481. The molecule has 10 heteroatoms. The van der Waals surface area contributed by atoms with Crippen molar-refractivity contribution in [2.45, 2.75) is 5.16 Å². The minimum absolute atomic E-state index is 0.0222. The predicted octanol–water partition coefficient (Wildman–Crippen LogP) is 2.33.